The predicted molar refractivity (Wildman–Crippen MR) is 81.1 cm³/mol. The number of hydrogen-bond acceptors (Lipinski definition) is 5. The van der Waals surface area contributed by atoms with E-state index in [4.69, 9.17) is 9.47 Å². The summed E-state index contributed by atoms with van der Waals surface area (Å²) >= 11 is 0. The molecule has 0 saturated carbocycles. The largest absolute Gasteiger partial charge is 0.454 e. The molecule has 0 radical (unpaired) electrons. The molecule has 1 aromatic carbocycles. The number of rotatable bonds is 3. The molecule has 4 rings (SSSR count). The highest BCUT2D eigenvalue weighted by Crippen LogP contribution is 2.32. The molecule has 0 bridgehead atoms. The lowest BCUT2D eigenvalue weighted by Gasteiger charge is -2.32. The smallest absolute Gasteiger partial charge is 0.231 e. The van der Waals surface area contributed by atoms with E-state index in [0.29, 0.717) is 12.5 Å². The van der Waals surface area contributed by atoms with Gasteiger partial charge in [-0.15, -0.1) is 5.10 Å². The molecule has 1 aromatic heterocycles. The van der Waals surface area contributed by atoms with Gasteiger partial charge in [-0.1, -0.05) is 11.3 Å². The number of amides is 1. The van der Waals surface area contributed by atoms with Gasteiger partial charge >= 0.3 is 0 Å². The highest BCUT2D eigenvalue weighted by Gasteiger charge is 2.24. The minimum atomic E-state index is 0.154. The van der Waals surface area contributed by atoms with Crippen LogP contribution in [0.2, 0.25) is 0 Å². The van der Waals surface area contributed by atoms with Gasteiger partial charge in [0.15, 0.2) is 11.5 Å². The van der Waals surface area contributed by atoms with Crippen LogP contribution in [0.4, 0.5) is 0 Å². The van der Waals surface area contributed by atoms with Crippen LogP contribution < -0.4 is 9.47 Å². The summed E-state index contributed by atoms with van der Waals surface area (Å²) in [6, 6.07) is 6.02. The Morgan fingerprint density at radius 2 is 2.04 bits per heavy atom. The second-order valence-corrected chi connectivity index (χ2v) is 5.86. The number of benzene rings is 1. The normalized spacial score (nSPS) is 17.5. The molecule has 1 fully saturated rings. The topological polar surface area (TPSA) is 69.5 Å². The molecule has 7 heteroatoms. The van der Waals surface area contributed by atoms with Crippen molar-refractivity contribution in [1.29, 1.82) is 0 Å². The maximum absolute atomic E-state index is 12.5. The summed E-state index contributed by atoms with van der Waals surface area (Å²) in [6.45, 7) is 1.77. The zero-order chi connectivity index (χ0) is 15.6. The molecule has 23 heavy (non-hydrogen) atoms. The lowest BCUT2D eigenvalue weighted by atomic mass is 10.0. The monoisotopic (exact) mass is 314 g/mol. The number of carbonyl (C=O) groups is 1. The first kappa shape index (κ1) is 14.0. The molecule has 2 aromatic rings. The zero-order valence-corrected chi connectivity index (χ0v) is 12.7. The van der Waals surface area contributed by atoms with Gasteiger partial charge in [0.25, 0.3) is 0 Å². The Hall–Kier alpha value is -2.57. The van der Waals surface area contributed by atoms with E-state index in [-0.39, 0.29) is 12.7 Å². The van der Waals surface area contributed by atoms with Crippen molar-refractivity contribution in [1.82, 2.24) is 19.9 Å². The summed E-state index contributed by atoms with van der Waals surface area (Å²) in [7, 11) is 0. The van der Waals surface area contributed by atoms with Gasteiger partial charge < -0.3 is 14.4 Å². The Kier molecular flexibility index (Phi) is 3.61. The van der Waals surface area contributed by atoms with E-state index in [2.05, 4.69) is 10.3 Å². The van der Waals surface area contributed by atoms with Crippen LogP contribution in [0.1, 0.15) is 24.4 Å². The van der Waals surface area contributed by atoms with Crippen LogP contribution in [0.3, 0.4) is 0 Å². The fourth-order valence-corrected chi connectivity index (χ4v) is 3.13. The first-order valence-corrected chi connectivity index (χ1v) is 7.82. The van der Waals surface area contributed by atoms with Crippen molar-refractivity contribution in [3.63, 3.8) is 0 Å². The minimum Gasteiger partial charge on any atom is -0.454 e. The average molecular weight is 314 g/mol. The Morgan fingerprint density at radius 3 is 2.83 bits per heavy atom. The van der Waals surface area contributed by atoms with Crippen LogP contribution in [0.5, 0.6) is 11.5 Å². The molecule has 3 heterocycles. The van der Waals surface area contributed by atoms with Gasteiger partial charge in [-0.05, 0) is 30.5 Å². The van der Waals surface area contributed by atoms with Crippen LogP contribution in [0.15, 0.2) is 30.6 Å². The SMILES string of the molecule is O=C(Cc1ccc2c(c1)OCO2)N1CCC(n2ccnn2)CC1. The van der Waals surface area contributed by atoms with Gasteiger partial charge in [0.2, 0.25) is 12.7 Å². The van der Waals surface area contributed by atoms with Gasteiger partial charge in [0, 0.05) is 19.3 Å². The average Bonchev–Trinajstić information content (AvgIpc) is 3.26. The van der Waals surface area contributed by atoms with Crippen LogP contribution >= 0.6 is 0 Å². The molecule has 2 aliphatic heterocycles. The summed E-state index contributed by atoms with van der Waals surface area (Å²) in [5, 5.41) is 7.89. The molecule has 7 nitrogen and oxygen atoms in total. The number of fused-ring (bicyclic) bond motifs is 1. The number of likely N-dealkylation sites (tertiary alicyclic amines) is 1. The summed E-state index contributed by atoms with van der Waals surface area (Å²) in [5.41, 5.74) is 0.956. The van der Waals surface area contributed by atoms with Gasteiger partial charge in [-0.25, -0.2) is 4.68 Å². The number of piperidine rings is 1. The standard InChI is InChI=1S/C16H18N4O3/c21-16(10-12-1-2-14-15(9-12)23-11-22-14)19-6-3-13(4-7-19)20-8-5-17-18-20/h1-2,5,8-9,13H,3-4,6-7,10-11H2. The number of ether oxygens (including phenoxy) is 2. The molecule has 1 amide bonds. The van der Waals surface area contributed by atoms with Crippen LogP contribution in [0.25, 0.3) is 0 Å². The zero-order valence-electron chi connectivity index (χ0n) is 12.7. The van der Waals surface area contributed by atoms with Crippen LogP contribution in [-0.2, 0) is 11.2 Å². The first-order chi connectivity index (χ1) is 11.3. The summed E-state index contributed by atoms with van der Waals surface area (Å²) in [6.07, 6.45) is 5.79. The lowest BCUT2D eigenvalue weighted by Crippen LogP contribution is -2.40. The quantitative estimate of drug-likeness (QED) is 0.857. The first-order valence-electron chi connectivity index (χ1n) is 7.82. The molecule has 2 aliphatic rings. The third-order valence-electron chi connectivity index (χ3n) is 4.42. The van der Waals surface area contributed by atoms with Crippen molar-refractivity contribution in [3.05, 3.63) is 36.2 Å². The van der Waals surface area contributed by atoms with Gasteiger partial charge in [-0.2, -0.15) is 0 Å². The maximum atomic E-state index is 12.5. The maximum Gasteiger partial charge on any atom is 0.231 e. The van der Waals surface area contributed by atoms with Gasteiger partial charge in [0.1, 0.15) is 0 Å². The molecule has 1 saturated heterocycles. The van der Waals surface area contributed by atoms with Crippen molar-refractivity contribution in [3.8, 4) is 11.5 Å². The molecule has 0 N–H and O–H groups in total. The second kappa shape index (κ2) is 5.91. The fraction of sp³-hybridized carbons (Fsp3) is 0.438. The van der Waals surface area contributed by atoms with E-state index in [1.807, 2.05) is 34.0 Å². The second-order valence-electron chi connectivity index (χ2n) is 5.86. The number of nitrogens with zero attached hydrogens (tertiary/aromatic N) is 4. The van der Waals surface area contributed by atoms with Crippen molar-refractivity contribution < 1.29 is 14.3 Å². The van der Waals surface area contributed by atoms with Gasteiger partial charge in [-0.3, -0.25) is 4.79 Å². The van der Waals surface area contributed by atoms with Crippen LogP contribution in [0, 0.1) is 0 Å². The summed E-state index contributed by atoms with van der Waals surface area (Å²) in [4.78, 5) is 14.4. The molecule has 0 atom stereocenters. The molecule has 0 unspecified atom stereocenters. The van der Waals surface area contributed by atoms with Crippen molar-refractivity contribution in [2.75, 3.05) is 19.9 Å². The Morgan fingerprint density at radius 1 is 1.22 bits per heavy atom. The molecule has 0 aliphatic carbocycles. The van der Waals surface area contributed by atoms with E-state index >= 15 is 0 Å². The van der Waals surface area contributed by atoms with Crippen molar-refractivity contribution in [2.45, 2.75) is 25.3 Å². The molecule has 0 spiro atoms. The van der Waals surface area contributed by atoms with Gasteiger partial charge in [0.05, 0.1) is 18.7 Å². The van der Waals surface area contributed by atoms with Crippen LogP contribution in [-0.4, -0.2) is 45.7 Å². The number of carbonyl (C=O) groups excluding carboxylic acids is 1. The molecular weight excluding hydrogens is 296 g/mol. The highest BCUT2D eigenvalue weighted by molar-refractivity contribution is 5.79. The Balaban J connectivity index is 1.35. The third kappa shape index (κ3) is 2.86. The number of aromatic nitrogens is 3. The fourth-order valence-electron chi connectivity index (χ4n) is 3.13. The number of hydrogen-bond donors (Lipinski definition) is 0. The van der Waals surface area contributed by atoms with Crippen molar-refractivity contribution in [2.24, 2.45) is 0 Å². The van der Waals surface area contributed by atoms with E-state index in [0.717, 1.165) is 43.0 Å². The summed E-state index contributed by atoms with van der Waals surface area (Å²) in [5.74, 6) is 1.62. The minimum absolute atomic E-state index is 0.154. The Bertz CT molecular complexity index is 693. The van der Waals surface area contributed by atoms with Crippen molar-refractivity contribution >= 4 is 5.91 Å². The summed E-state index contributed by atoms with van der Waals surface area (Å²) < 4.78 is 12.5. The van der Waals surface area contributed by atoms with E-state index in [9.17, 15) is 4.79 Å². The lowest BCUT2D eigenvalue weighted by molar-refractivity contribution is -0.131. The highest BCUT2D eigenvalue weighted by atomic mass is 16.7. The predicted octanol–water partition coefficient (Wildman–Crippen LogP) is 1.41. The van der Waals surface area contributed by atoms with E-state index < -0.39 is 0 Å². The van der Waals surface area contributed by atoms with E-state index in [1.165, 1.54) is 0 Å². The Labute approximate surface area is 133 Å². The molecule has 120 valence electrons. The van der Waals surface area contributed by atoms with E-state index in [1.54, 1.807) is 6.20 Å². The molecular formula is C16H18N4O3. The third-order valence-corrected chi connectivity index (χ3v) is 4.42.